The summed E-state index contributed by atoms with van der Waals surface area (Å²) in [6, 6.07) is 3.49. The third-order valence-electron chi connectivity index (χ3n) is 4.35. The van der Waals surface area contributed by atoms with E-state index in [2.05, 4.69) is 36.0 Å². The number of pyridine rings is 1. The van der Waals surface area contributed by atoms with Gasteiger partial charge in [0.05, 0.1) is 17.9 Å². The summed E-state index contributed by atoms with van der Waals surface area (Å²) >= 11 is 0. The van der Waals surface area contributed by atoms with E-state index in [0.29, 0.717) is 5.92 Å². The molecular weight excluding hydrogens is 265 g/mol. The number of aromatic nitrogens is 1. The van der Waals surface area contributed by atoms with Crippen LogP contribution in [0.3, 0.4) is 0 Å². The van der Waals surface area contributed by atoms with Gasteiger partial charge in [-0.3, -0.25) is 4.98 Å². The molecule has 2 heterocycles. The van der Waals surface area contributed by atoms with Crippen LogP contribution in [0.4, 0.5) is 4.39 Å². The molecular formula is C17H28FN3. The van der Waals surface area contributed by atoms with Crippen LogP contribution < -0.4 is 5.32 Å². The molecule has 0 spiro atoms. The molecule has 0 radical (unpaired) electrons. The minimum absolute atomic E-state index is 0.188. The van der Waals surface area contributed by atoms with E-state index in [1.165, 1.54) is 38.2 Å². The second-order valence-corrected chi connectivity index (χ2v) is 6.42. The summed E-state index contributed by atoms with van der Waals surface area (Å²) in [5.74, 6) is 0.979. The van der Waals surface area contributed by atoms with Crippen molar-refractivity contribution in [2.45, 2.75) is 39.7 Å². The number of nitrogens with zero attached hydrogens (tertiary/aromatic N) is 2. The Morgan fingerprint density at radius 2 is 2.29 bits per heavy atom. The molecule has 0 aromatic carbocycles. The molecule has 2 rings (SSSR count). The summed E-state index contributed by atoms with van der Waals surface area (Å²) in [5, 5.41) is 3.51. The Morgan fingerprint density at radius 1 is 1.48 bits per heavy atom. The molecule has 1 aromatic rings. The Balaban J connectivity index is 2.01. The minimum Gasteiger partial charge on any atom is -0.309 e. The van der Waals surface area contributed by atoms with Crippen molar-refractivity contribution in [1.82, 2.24) is 15.2 Å². The predicted octanol–water partition coefficient (Wildman–Crippen LogP) is 3.24. The van der Waals surface area contributed by atoms with Crippen molar-refractivity contribution < 1.29 is 4.39 Å². The predicted molar refractivity (Wildman–Crippen MR) is 84.6 cm³/mol. The molecule has 0 aliphatic carbocycles. The molecule has 21 heavy (non-hydrogen) atoms. The third-order valence-corrected chi connectivity index (χ3v) is 4.35. The molecule has 3 nitrogen and oxygen atoms in total. The summed E-state index contributed by atoms with van der Waals surface area (Å²) < 4.78 is 13.1. The van der Waals surface area contributed by atoms with Gasteiger partial charge in [-0.25, -0.2) is 4.39 Å². The Labute approximate surface area is 127 Å². The highest BCUT2D eigenvalue weighted by molar-refractivity contribution is 5.11. The van der Waals surface area contributed by atoms with Crippen molar-refractivity contribution in [2.24, 2.45) is 11.8 Å². The molecule has 1 aromatic heterocycles. The van der Waals surface area contributed by atoms with E-state index in [-0.39, 0.29) is 11.9 Å². The summed E-state index contributed by atoms with van der Waals surface area (Å²) in [7, 11) is 0. The fourth-order valence-electron chi connectivity index (χ4n) is 3.35. The lowest BCUT2D eigenvalue weighted by molar-refractivity contribution is 0.149. The standard InChI is InChI=1S/C17H28FN3/c1-4-19-17(16-8-7-15(18)10-20-16)14(3)12-21-9-5-6-13(2)11-21/h7-8,10,13-14,17,19H,4-6,9,11-12H2,1-3H3. The number of hydrogen-bond donors (Lipinski definition) is 1. The van der Waals surface area contributed by atoms with Crippen LogP contribution in [0.5, 0.6) is 0 Å². The lowest BCUT2D eigenvalue weighted by Gasteiger charge is -2.35. The number of likely N-dealkylation sites (tertiary alicyclic amines) is 1. The molecule has 0 bridgehead atoms. The van der Waals surface area contributed by atoms with Crippen LogP contribution in [0.25, 0.3) is 0 Å². The second kappa shape index (κ2) is 7.85. The van der Waals surface area contributed by atoms with Crippen molar-refractivity contribution in [3.63, 3.8) is 0 Å². The van der Waals surface area contributed by atoms with Gasteiger partial charge in [0.2, 0.25) is 0 Å². The van der Waals surface area contributed by atoms with Crippen LogP contribution in [0.15, 0.2) is 18.3 Å². The van der Waals surface area contributed by atoms with Gasteiger partial charge in [0, 0.05) is 13.1 Å². The monoisotopic (exact) mass is 293 g/mol. The zero-order chi connectivity index (χ0) is 15.2. The van der Waals surface area contributed by atoms with E-state index in [1.54, 1.807) is 6.07 Å². The van der Waals surface area contributed by atoms with Gasteiger partial charge in [-0.2, -0.15) is 0 Å². The molecule has 1 aliphatic heterocycles. The first-order valence-corrected chi connectivity index (χ1v) is 8.17. The Kier molecular flexibility index (Phi) is 6.12. The fourth-order valence-corrected chi connectivity index (χ4v) is 3.35. The summed E-state index contributed by atoms with van der Waals surface area (Å²) in [6.07, 6.45) is 3.96. The van der Waals surface area contributed by atoms with E-state index in [4.69, 9.17) is 0 Å². The molecule has 1 fully saturated rings. The van der Waals surface area contributed by atoms with Gasteiger partial charge in [-0.1, -0.05) is 20.8 Å². The number of hydrogen-bond acceptors (Lipinski definition) is 3. The molecule has 4 heteroatoms. The summed E-state index contributed by atoms with van der Waals surface area (Å²) in [5.41, 5.74) is 0.941. The lowest BCUT2D eigenvalue weighted by Crippen LogP contribution is -2.40. The Bertz CT molecular complexity index is 421. The molecule has 1 saturated heterocycles. The van der Waals surface area contributed by atoms with Crippen molar-refractivity contribution in [2.75, 3.05) is 26.2 Å². The largest absolute Gasteiger partial charge is 0.309 e. The third kappa shape index (κ3) is 4.75. The molecule has 0 amide bonds. The van der Waals surface area contributed by atoms with Gasteiger partial charge < -0.3 is 10.2 Å². The highest BCUT2D eigenvalue weighted by atomic mass is 19.1. The van der Waals surface area contributed by atoms with E-state index in [0.717, 1.165) is 24.7 Å². The number of rotatable bonds is 6. The maximum atomic E-state index is 13.1. The van der Waals surface area contributed by atoms with Gasteiger partial charge in [0.25, 0.3) is 0 Å². The maximum absolute atomic E-state index is 13.1. The molecule has 3 atom stereocenters. The van der Waals surface area contributed by atoms with Crippen molar-refractivity contribution >= 4 is 0 Å². The number of piperidine rings is 1. The van der Waals surface area contributed by atoms with Crippen molar-refractivity contribution in [3.8, 4) is 0 Å². The van der Waals surface area contributed by atoms with E-state index in [1.807, 2.05) is 0 Å². The van der Waals surface area contributed by atoms with Gasteiger partial charge >= 0.3 is 0 Å². The molecule has 118 valence electrons. The Morgan fingerprint density at radius 3 is 2.90 bits per heavy atom. The van der Waals surface area contributed by atoms with E-state index >= 15 is 0 Å². The normalized spacial score (nSPS) is 23.0. The zero-order valence-corrected chi connectivity index (χ0v) is 13.5. The van der Waals surface area contributed by atoms with Crippen molar-refractivity contribution in [3.05, 3.63) is 29.8 Å². The highest BCUT2D eigenvalue weighted by Gasteiger charge is 2.24. The van der Waals surface area contributed by atoms with Crippen LogP contribution in [-0.4, -0.2) is 36.1 Å². The van der Waals surface area contributed by atoms with E-state index < -0.39 is 0 Å². The quantitative estimate of drug-likeness (QED) is 0.873. The molecule has 0 saturated carbocycles. The highest BCUT2D eigenvalue weighted by Crippen LogP contribution is 2.24. The fraction of sp³-hybridized carbons (Fsp3) is 0.706. The molecule has 1 N–H and O–H groups in total. The van der Waals surface area contributed by atoms with Gasteiger partial charge in [0.15, 0.2) is 0 Å². The van der Waals surface area contributed by atoms with Gasteiger partial charge in [-0.05, 0) is 49.9 Å². The summed E-state index contributed by atoms with van der Waals surface area (Å²) in [4.78, 5) is 6.83. The SMILES string of the molecule is CCNC(c1ccc(F)cn1)C(C)CN1CCCC(C)C1. The van der Waals surface area contributed by atoms with E-state index in [9.17, 15) is 4.39 Å². The molecule has 3 unspecified atom stereocenters. The topological polar surface area (TPSA) is 28.2 Å². The maximum Gasteiger partial charge on any atom is 0.141 e. The van der Waals surface area contributed by atoms with Gasteiger partial charge in [0.1, 0.15) is 5.82 Å². The average molecular weight is 293 g/mol. The smallest absolute Gasteiger partial charge is 0.141 e. The van der Waals surface area contributed by atoms with Crippen LogP contribution >= 0.6 is 0 Å². The van der Waals surface area contributed by atoms with Gasteiger partial charge in [-0.15, -0.1) is 0 Å². The van der Waals surface area contributed by atoms with Crippen LogP contribution in [0, 0.1) is 17.7 Å². The lowest BCUT2D eigenvalue weighted by atomic mass is 9.94. The average Bonchev–Trinajstić information content (AvgIpc) is 2.46. The van der Waals surface area contributed by atoms with Crippen molar-refractivity contribution in [1.29, 1.82) is 0 Å². The first kappa shape index (κ1) is 16.4. The minimum atomic E-state index is -0.272. The van der Waals surface area contributed by atoms with Crippen LogP contribution in [0.1, 0.15) is 45.3 Å². The van der Waals surface area contributed by atoms with Crippen LogP contribution in [0.2, 0.25) is 0 Å². The second-order valence-electron chi connectivity index (χ2n) is 6.42. The zero-order valence-electron chi connectivity index (χ0n) is 13.5. The first-order chi connectivity index (χ1) is 10.1. The Hall–Kier alpha value is -1.00. The summed E-state index contributed by atoms with van der Waals surface area (Å²) in [6.45, 7) is 11.1. The first-order valence-electron chi connectivity index (χ1n) is 8.17. The number of nitrogens with one attached hydrogen (secondary N) is 1. The molecule has 1 aliphatic rings. The van der Waals surface area contributed by atoms with Crippen LogP contribution in [-0.2, 0) is 0 Å². The number of halogens is 1.